The lowest BCUT2D eigenvalue weighted by atomic mass is 10.0. The zero-order valence-electron chi connectivity index (χ0n) is 16.5. The second-order valence-electron chi connectivity index (χ2n) is 8.09. The van der Waals surface area contributed by atoms with Crippen LogP contribution in [0.4, 0.5) is 0 Å². The Morgan fingerprint density at radius 1 is 1.19 bits per heavy atom. The molecule has 0 aliphatic carbocycles. The van der Waals surface area contributed by atoms with Gasteiger partial charge in [0.25, 0.3) is 5.91 Å². The average Bonchev–Trinajstić information content (AvgIpc) is 2.86. The maximum atomic E-state index is 13.4. The maximum Gasteiger partial charge on any atom is 0.252 e. The van der Waals surface area contributed by atoms with E-state index in [0.717, 1.165) is 37.9 Å². The molecule has 0 aromatic heterocycles. The SMILES string of the molecule is Cc1ccccc1C(=O)NC(CC(C)C)C(=O)N1C2CCNCC1CC2.Cl. The summed E-state index contributed by atoms with van der Waals surface area (Å²) in [5.41, 5.74) is 1.58. The molecule has 3 unspecified atom stereocenters. The van der Waals surface area contributed by atoms with E-state index < -0.39 is 6.04 Å². The summed E-state index contributed by atoms with van der Waals surface area (Å²) < 4.78 is 0. The standard InChI is InChI=1S/C21H31N3O2.ClH/c1-14(2)12-19(23-20(25)18-7-5-4-6-15(18)3)21(26)24-16-8-9-17(24)13-22-11-10-16;/h4-7,14,16-17,19,22H,8-13H2,1-3H3,(H,23,25);1H. The van der Waals surface area contributed by atoms with Crippen molar-refractivity contribution in [1.29, 1.82) is 0 Å². The van der Waals surface area contributed by atoms with Crippen molar-refractivity contribution in [3.63, 3.8) is 0 Å². The number of carbonyl (C=O) groups is 2. The van der Waals surface area contributed by atoms with Gasteiger partial charge in [0.2, 0.25) is 5.91 Å². The highest BCUT2D eigenvalue weighted by Gasteiger charge is 2.41. The van der Waals surface area contributed by atoms with E-state index in [9.17, 15) is 9.59 Å². The Labute approximate surface area is 168 Å². The molecule has 3 atom stereocenters. The summed E-state index contributed by atoms with van der Waals surface area (Å²) in [6.07, 6.45) is 3.81. The fourth-order valence-electron chi connectivity index (χ4n) is 4.28. The van der Waals surface area contributed by atoms with Crippen LogP contribution in [0.15, 0.2) is 24.3 Å². The Hall–Kier alpha value is -1.59. The van der Waals surface area contributed by atoms with Gasteiger partial charge in [-0.1, -0.05) is 32.0 Å². The van der Waals surface area contributed by atoms with E-state index in [1.807, 2.05) is 31.2 Å². The Morgan fingerprint density at radius 2 is 1.89 bits per heavy atom. The molecule has 2 saturated heterocycles. The third kappa shape index (κ3) is 5.02. The van der Waals surface area contributed by atoms with Crippen LogP contribution in [0.5, 0.6) is 0 Å². The lowest BCUT2D eigenvalue weighted by molar-refractivity contribution is -0.136. The summed E-state index contributed by atoms with van der Waals surface area (Å²) in [4.78, 5) is 28.3. The van der Waals surface area contributed by atoms with E-state index in [2.05, 4.69) is 29.4 Å². The zero-order chi connectivity index (χ0) is 18.7. The van der Waals surface area contributed by atoms with Crippen molar-refractivity contribution < 1.29 is 9.59 Å². The van der Waals surface area contributed by atoms with Gasteiger partial charge in [-0.05, 0) is 56.7 Å². The molecule has 150 valence electrons. The van der Waals surface area contributed by atoms with Crippen LogP contribution in [-0.2, 0) is 4.79 Å². The van der Waals surface area contributed by atoms with Crippen LogP contribution >= 0.6 is 12.4 Å². The van der Waals surface area contributed by atoms with Gasteiger partial charge in [-0.3, -0.25) is 9.59 Å². The van der Waals surface area contributed by atoms with Gasteiger partial charge in [-0.15, -0.1) is 12.4 Å². The molecular weight excluding hydrogens is 362 g/mol. The number of hydrogen-bond donors (Lipinski definition) is 2. The molecule has 0 saturated carbocycles. The fraction of sp³-hybridized carbons (Fsp3) is 0.619. The van der Waals surface area contributed by atoms with E-state index in [-0.39, 0.29) is 30.3 Å². The molecule has 1 aromatic carbocycles. The summed E-state index contributed by atoms with van der Waals surface area (Å²) >= 11 is 0. The third-order valence-electron chi connectivity index (χ3n) is 5.61. The van der Waals surface area contributed by atoms with Gasteiger partial charge in [0.1, 0.15) is 6.04 Å². The molecule has 1 aromatic rings. The largest absolute Gasteiger partial charge is 0.340 e. The third-order valence-corrected chi connectivity index (χ3v) is 5.61. The summed E-state index contributed by atoms with van der Waals surface area (Å²) in [5, 5.41) is 6.48. The topological polar surface area (TPSA) is 61.4 Å². The molecule has 2 aliphatic heterocycles. The van der Waals surface area contributed by atoms with E-state index >= 15 is 0 Å². The van der Waals surface area contributed by atoms with Crippen molar-refractivity contribution >= 4 is 24.2 Å². The molecule has 0 radical (unpaired) electrons. The highest BCUT2D eigenvalue weighted by atomic mass is 35.5. The summed E-state index contributed by atoms with van der Waals surface area (Å²) in [6.45, 7) is 7.95. The molecule has 2 amide bonds. The van der Waals surface area contributed by atoms with Crippen LogP contribution in [0.25, 0.3) is 0 Å². The van der Waals surface area contributed by atoms with Crippen molar-refractivity contribution in [2.45, 2.75) is 64.6 Å². The number of rotatable bonds is 5. The molecule has 2 N–H and O–H groups in total. The van der Waals surface area contributed by atoms with Crippen LogP contribution in [0, 0.1) is 12.8 Å². The first-order valence-corrected chi connectivity index (χ1v) is 9.86. The van der Waals surface area contributed by atoms with Crippen LogP contribution in [-0.4, -0.2) is 47.9 Å². The summed E-state index contributed by atoms with van der Waals surface area (Å²) in [7, 11) is 0. The lowest BCUT2D eigenvalue weighted by Gasteiger charge is -2.32. The quantitative estimate of drug-likeness (QED) is 0.808. The number of nitrogens with one attached hydrogen (secondary N) is 2. The predicted molar refractivity (Wildman–Crippen MR) is 110 cm³/mol. The summed E-state index contributed by atoms with van der Waals surface area (Å²) in [6, 6.07) is 7.65. The van der Waals surface area contributed by atoms with Crippen molar-refractivity contribution in [2.24, 2.45) is 5.92 Å². The Kier molecular flexibility index (Phi) is 7.68. The minimum absolute atomic E-state index is 0. The molecule has 27 heavy (non-hydrogen) atoms. The molecule has 3 rings (SSSR count). The Bertz CT molecular complexity index is 651. The van der Waals surface area contributed by atoms with Gasteiger partial charge < -0.3 is 15.5 Å². The first-order chi connectivity index (χ1) is 12.5. The number of amides is 2. The first-order valence-electron chi connectivity index (χ1n) is 9.86. The number of nitrogens with zero attached hydrogens (tertiary/aromatic N) is 1. The van der Waals surface area contributed by atoms with E-state index in [1.54, 1.807) is 0 Å². The normalized spacial score (nSPS) is 22.7. The number of halogens is 1. The van der Waals surface area contributed by atoms with Crippen LogP contribution in [0.1, 0.15) is 55.5 Å². The lowest BCUT2D eigenvalue weighted by Crippen LogP contribution is -2.53. The van der Waals surface area contributed by atoms with E-state index in [1.165, 1.54) is 0 Å². The number of hydrogen-bond acceptors (Lipinski definition) is 3. The highest BCUT2D eigenvalue weighted by Crippen LogP contribution is 2.29. The molecular formula is C21H32ClN3O2. The highest BCUT2D eigenvalue weighted by molar-refractivity contribution is 5.98. The Morgan fingerprint density at radius 3 is 2.59 bits per heavy atom. The molecule has 6 heteroatoms. The molecule has 5 nitrogen and oxygen atoms in total. The minimum atomic E-state index is -0.455. The van der Waals surface area contributed by atoms with Crippen molar-refractivity contribution in [2.75, 3.05) is 13.1 Å². The zero-order valence-corrected chi connectivity index (χ0v) is 17.3. The predicted octanol–water partition coefficient (Wildman–Crippen LogP) is 2.91. The first kappa shape index (κ1) is 21.7. The van der Waals surface area contributed by atoms with Gasteiger partial charge in [-0.2, -0.15) is 0 Å². The smallest absolute Gasteiger partial charge is 0.252 e. The summed E-state index contributed by atoms with van der Waals surface area (Å²) in [5.74, 6) is 0.281. The second kappa shape index (κ2) is 9.56. The number of fused-ring (bicyclic) bond motifs is 2. The number of benzene rings is 1. The van der Waals surface area contributed by atoms with Gasteiger partial charge in [0.05, 0.1) is 0 Å². The number of carbonyl (C=O) groups excluding carboxylic acids is 2. The van der Waals surface area contributed by atoms with Crippen molar-refractivity contribution in [1.82, 2.24) is 15.5 Å². The molecule has 2 heterocycles. The van der Waals surface area contributed by atoms with Crippen molar-refractivity contribution in [3.8, 4) is 0 Å². The second-order valence-corrected chi connectivity index (χ2v) is 8.09. The number of aryl methyl sites for hydroxylation is 1. The van der Waals surface area contributed by atoms with Crippen molar-refractivity contribution in [3.05, 3.63) is 35.4 Å². The minimum Gasteiger partial charge on any atom is -0.340 e. The molecule has 2 fully saturated rings. The molecule has 2 aliphatic rings. The van der Waals surface area contributed by atoms with E-state index in [0.29, 0.717) is 23.9 Å². The Balaban J connectivity index is 0.00000261. The van der Waals surface area contributed by atoms with Crippen LogP contribution < -0.4 is 10.6 Å². The molecule has 0 spiro atoms. The van der Waals surface area contributed by atoms with Crippen LogP contribution in [0.2, 0.25) is 0 Å². The van der Waals surface area contributed by atoms with Crippen LogP contribution in [0.3, 0.4) is 0 Å². The molecule has 2 bridgehead atoms. The maximum absolute atomic E-state index is 13.4. The fourth-order valence-corrected chi connectivity index (χ4v) is 4.28. The van der Waals surface area contributed by atoms with Gasteiger partial charge in [0, 0.05) is 24.2 Å². The van der Waals surface area contributed by atoms with Gasteiger partial charge in [0.15, 0.2) is 0 Å². The monoisotopic (exact) mass is 393 g/mol. The van der Waals surface area contributed by atoms with E-state index in [4.69, 9.17) is 0 Å². The van der Waals surface area contributed by atoms with Gasteiger partial charge >= 0.3 is 0 Å². The van der Waals surface area contributed by atoms with Gasteiger partial charge in [-0.25, -0.2) is 0 Å². The average molecular weight is 394 g/mol.